The lowest BCUT2D eigenvalue weighted by Gasteiger charge is -2.24. The lowest BCUT2D eigenvalue weighted by Crippen LogP contribution is -2.28. The Balaban J connectivity index is 2.06. The summed E-state index contributed by atoms with van der Waals surface area (Å²) in [4.78, 5) is 2.29. The third kappa shape index (κ3) is 3.69. The number of hydrogen-bond donors (Lipinski definition) is 1. The van der Waals surface area contributed by atoms with Crippen LogP contribution in [0.25, 0.3) is 0 Å². The molecule has 0 aromatic heterocycles. The van der Waals surface area contributed by atoms with Gasteiger partial charge in [-0.2, -0.15) is 0 Å². The predicted molar refractivity (Wildman–Crippen MR) is 74.4 cm³/mol. The molecule has 1 heterocycles. The second-order valence-corrected chi connectivity index (χ2v) is 4.87. The van der Waals surface area contributed by atoms with Crippen molar-refractivity contribution in [3.05, 3.63) is 29.8 Å². The van der Waals surface area contributed by atoms with Crippen molar-refractivity contribution in [2.24, 2.45) is 0 Å². The van der Waals surface area contributed by atoms with E-state index in [9.17, 15) is 5.11 Å². The van der Waals surface area contributed by atoms with Gasteiger partial charge in [-0.15, -0.1) is 0 Å². The van der Waals surface area contributed by atoms with Crippen LogP contribution in [-0.4, -0.2) is 49.5 Å². The van der Waals surface area contributed by atoms with E-state index in [4.69, 9.17) is 9.47 Å². The Morgan fingerprint density at radius 2 is 2.26 bits per heavy atom. The predicted octanol–water partition coefficient (Wildman–Crippen LogP) is 1.84. The first-order valence-corrected chi connectivity index (χ1v) is 6.88. The summed E-state index contributed by atoms with van der Waals surface area (Å²) in [6.07, 6.45) is 0.525. The van der Waals surface area contributed by atoms with E-state index in [1.165, 1.54) is 5.56 Å². The quantitative estimate of drug-likeness (QED) is 0.797. The summed E-state index contributed by atoms with van der Waals surface area (Å²) in [5.74, 6) is 0.864. The van der Waals surface area contributed by atoms with Crippen molar-refractivity contribution in [1.82, 2.24) is 4.90 Å². The molecule has 2 atom stereocenters. The average molecular weight is 265 g/mol. The molecule has 2 rings (SSSR count). The van der Waals surface area contributed by atoms with Crippen LogP contribution in [0.3, 0.4) is 0 Å². The van der Waals surface area contributed by atoms with Gasteiger partial charge in [-0.1, -0.05) is 12.1 Å². The standard InChI is InChI=1S/C15H23NO3/c1-3-19-8-7-16-11-13(17)10-15(16)12-5-4-6-14(9-12)18-2/h4-6,9,13,15,17H,3,7-8,10-11H2,1-2H3/t13-,15+/m0/s1. The van der Waals surface area contributed by atoms with Crippen LogP contribution in [-0.2, 0) is 4.74 Å². The molecule has 4 nitrogen and oxygen atoms in total. The third-order valence-corrected chi connectivity index (χ3v) is 3.59. The molecule has 0 unspecified atom stereocenters. The Kier molecular flexibility index (Phi) is 5.19. The van der Waals surface area contributed by atoms with Crippen LogP contribution in [0.4, 0.5) is 0 Å². The molecule has 1 aliphatic rings. The number of benzene rings is 1. The van der Waals surface area contributed by atoms with E-state index < -0.39 is 0 Å². The monoisotopic (exact) mass is 265 g/mol. The fourth-order valence-electron chi connectivity index (χ4n) is 2.65. The minimum atomic E-state index is -0.252. The van der Waals surface area contributed by atoms with Gasteiger partial charge < -0.3 is 14.6 Å². The highest BCUT2D eigenvalue weighted by Crippen LogP contribution is 2.33. The first-order valence-electron chi connectivity index (χ1n) is 6.88. The Morgan fingerprint density at radius 3 is 3.00 bits per heavy atom. The molecule has 1 aromatic rings. The van der Waals surface area contributed by atoms with Gasteiger partial charge in [0.15, 0.2) is 0 Å². The highest BCUT2D eigenvalue weighted by molar-refractivity contribution is 5.31. The maximum absolute atomic E-state index is 9.90. The molecule has 0 spiro atoms. The van der Waals surface area contributed by atoms with Crippen LogP contribution in [0.2, 0.25) is 0 Å². The normalized spacial score (nSPS) is 23.7. The molecule has 0 aliphatic carbocycles. The smallest absolute Gasteiger partial charge is 0.119 e. The number of β-amino-alcohol motifs (C(OH)–C–C–N with tert-alkyl or cyclic N) is 1. The maximum atomic E-state index is 9.90. The third-order valence-electron chi connectivity index (χ3n) is 3.59. The molecule has 1 saturated heterocycles. The van der Waals surface area contributed by atoms with Gasteiger partial charge in [-0.3, -0.25) is 4.90 Å². The number of likely N-dealkylation sites (tertiary alicyclic amines) is 1. The van der Waals surface area contributed by atoms with Crippen LogP contribution in [0.15, 0.2) is 24.3 Å². The van der Waals surface area contributed by atoms with E-state index in [1.54, 1.807) is 7.11 Å². The number of aliphatic hydroxyl groups excluding tert-OH is 1. The zero-order valence-electron chi connectivity index (χ0n) is 11.7. The van der Waals surface area contributed by atoms with Crippen LogP contribution in [0.5, 0.6) is 5.75 Å². The highest BCUT2D eigenvalue weighted by Gasteiger charge is 2.31. The Hall–Kier alpha value is -1.10. The van der Waals surface area contributed by atoms with E-state index in [2.05, 4.69) is 17.0 Å². The number of methoxy groups -OCH3 is 1. The zero-order chi connectivity index (χ0) is 13.7. The second-order valence-electron chi connectivity index (χ2n) is 4.87. The van der Waals surface area contributed by atoms with E-state index >= 15 is 0 Å². The molecule has 19 heavy (non-hydrogen) atoms. The molecule has 106 valence electrons. The molecule has 1 N–H and O–H groups in total. The van der Waals surface area contributed by atoms with Gasteiger partial charge in [0.25, 0.3) is 0 Å². The largest absolute Gasteiger partial charge is 0.497 e. The number of rotatable bonds is 6. The minimum Gasteiger partial charge on any atom is -0.497 e. The maximum Gasteiger partial charge on any atom is 0.119 e. The average Bonchev–Trinajstić information content (AvgIpc) is 2.80. The molecule has 1 aliphatic heterocycles. The van der Waals surface area contributed by atoms with E-state index in [0.29, 0.717) is 6.61 Å². The molecule has 0 radical (unpaired) electrons. The van der Waals surface area contributed by atoms with Gasteiger partial charge in [-0.25, -0.2) is 0 Å². The van der Waals surface area contributed by atoms with Gasteiger partial charge in [0.1, 0.15) is 5.75 Å². The molecule has 1 aromatic carbocycles. The van der Waals surface area contributed by atoms with Gasteiger partial charge >= 0.3 is 0 Å². The summed E-state index contributed by atoms with van der Waals surface area (Å²) >= 11 is 0. The summed E-state index contributed by atoms with van der Waals surface area (Å²) in [6.45, 7) is 5.02. The Labute approximate surface area is 114 Å². The molecule has 4 heteroatoms. The topological polar surface area (TPSA) is 41.9 Å². The van der Waals surface area contributed by atoms with Crippen molar-refractivity contribution < 1.29 is 14.6 Å². The lowest BCUT2D eigenvalue weighted by atomic mass is 10.0. The van der Waals surface area contributed by atoms with E-state index in [1.807, 2.05) is 19.1 Å². The molecule has 1 fully saturated rings. The van der Waals surface area contributed by atoms with Crippen LogP contribution in [0, 0.1) is 0 Å². The summed E-state index contributed by atoms with van der Waals surface area (Å²) in [5.41, 5.74) is 1.20. The Bertz CT molecular complexity index is 397. The van der Waals surface area contributed by atoms with E-state index in [0.717, 1.165) is 31.9 Å². The number of nitrogens with zero attached hydrogens (tertiary/aromatic N) is 1. The molecule has 0 bridgehead atoms. The fraction of sp³-hybridized carbons (Fsp3) is 0.600. The second kappa shape index (κ2) is 6.89. The fourth-order valence-corrected chi connectivity index (χ4v) is 2.65. The van der Waals surface area contributed by atoms with Crippen molar-refractivity contribution in [2.75, 3.05) is 33.4 Å². The van der Waals surface area contributed by atoms with Crippen molar-refractivity contribution in [3.8, 4) is 5.75 Å². The summed E-state index contributed by atoms with van der Waals surface area (Å²) < 4.78 is 10.7. The van der Waals surface area contributed by atoms with Gasteiger partial charge in [-0.05, 0) is 31.0 Å². The SMILES string of the molecule is CCOCCN1C[C@@H](O)C[C@@H]1c1cccc(OC)c1. The van der Waals surface area contributed by atoms with Gasteiger partial charge in [0.2, 0.25) is 0 Å². The molecule has 0 saturated carbocycles. The van der Waals surface area contributed by atoms with Crippen molar-refractivity contribution in [1.29, 1.82) is 0 Å². The highest BCUT2D eigenvalue weighted by atomic mass is 16.5. The Morgan fingerprint density at radius 1 is 1.42 bits per heavy atom. The van der Waals surface area contributed by atoms with Crippen molar-refractivity contribution in [3.63, 3.8) is 0 Å². The van der Waals surface area contributed by atoms with Crippen LogP contribution in [0.1, 0.15) is 24.9 Å². The first-order chi connectivity index (χ1) is 9.24. The molecular weight excluding hydrogens is 242 g/mol. The van der Waals surface area contributed by atoms with Crippen molar-refractivity contribution in [2.45, 2.75) is 25.5 Å². The van der Waals surface area contributed by atoms with Gasteiger partial charge in [0.05, 0.1) is 19.8 Å². The van der Waals surface area contributed by atoms with Crippen LogP contribution >= 0.6 is 0 Å². The number of hydrogen-bond acceptors (Lipinski definition) is 4. The first kappa shape index (κ1) is 14.3. The summed E-state index contributed by atoms with van der Waals surface area (Å²) in [5, 5.41) is 9.90. The molecule has 0 amide bonds. The minimum absolute atomic E-state index is 0.252. The zero-order valence-corrected chi connectivity index (χ0v) is 11.7. The number of ether oxygens (including phenoxy) is 2. The summed E-state index contributed by atoms with van der Waals surface area (Å²) in [6, 6.07) is 8.35. The van der Waals surface area contributed by atoms with Crippen molar-refractivity contribution >= 4 is 0 Å². The van der Waals surface area contributed by atoms with Gasteiger partial charge in [0, 0.05) is 25.7 Å². The number of aliphatic hydroxyl groups is 1. The van der Waals surface area contributed by atoms with Crippen LogP contribution < -0.4 is 4.74 Å². The molecular formula is C15H23NO3. The summed E-state index contributed by atoms with van der Waals surface area (Å²) in [7, 11) is 1.68. The van der Waals surface area contributed by atoms with E-state index in [-0.39, 0.29) is 12.1 Å². The lowest BCUT2D eigenvalue weighted by molar-refractivity contribution is 0.103.